The number of hydrogen-bond acceptors (Lipinski definition) is 3. The third-order valence-electron chi connectivity index (χ3n) is 4.16. The minimum Gasteiger partial charge on any atom is -0.451 e. The third-order valence-corrected chi connectivity index (χ3v) is 4.16. The first-order valence-electron chi connectivity index (χ1n) is 7.94. The summed E-state index contributed by atoms with van der Waals surface area (Å²) < 4.78 is 5.73. The Morgan fingerprint density at radius 2 is 1.79 bits per heavy atom. The van der Waals surface area contributed by atoms with Crippen molar-refractivity contribution in [1.29, 1.82) is 0 Å². The average Bonchev–Trinajstić information content (AvgIpc) is 2.91. The number of Topliss-reactive ketones (excluding diaryl/α,β-unsaturated/α-hetero) is 1. The molecule has 1 amide bonds. The van der Waals surface area contributed by atoms with Crippen molar-refractivity contribution in [1.82, 2.24) is 0 Å². The summed E-state index contributed by atoms with van der Waals surface area (Å²) in [5.74, 6) is 0.0129. The SMILES string of the molecule is CCc1ccc2oc(C(=O)Nc3ccc(C(C)=O)cc3)c(C)c2c1. The van der Waals surface area contributed by atoms with Crippen LogP contribution in [0.15, 0.2) is 46.9 Å². The van der Waals surface area contributed by atoms with Gasteiger partial charge in [0.2, 0.25) is 0 Å². The molecule has 0 aliphatic carbocycles. The lowest BCUT2D eigenvalue weighted by Crippen LogP contribution is -2.12. The van der Waals surface area contributed by atoms with Crippen LogP contribution in [0.4, 0.5) is 5.69 Å². The second-order valence-corrected chi connectivity index (χ2v) is 5.83. The van der Waals surface area contributed by atoms with Crippen LogP contribution in [0.5, 0.6) is 0 Å². The Bertz CT molecular complexity index is 920. The number of rotatable bonds is 4. The zero-order valence-electron chi connectivity index (χ0n) is 14.0. The lowest BCUT2D eigenvalue weighted by Gasteiger charge is -2.04. The molecule has 0 bridgehead atoms. The Balaban J connectivity index is 1.88. The zero-order chi connectivity index (χ0) is 17.3. The van der Waals surface area contributed by atoms with Gasteiger partial charge in [0, 0.05) is 22.2 Å². The molecule has 0 fully saturated rings. The Hall–Kier alpha value is -2.88. The summed E-state index contributed by atoms with van der Waals surface area (Å²) in [5.41, 5.74) is 3.98. The van der Waals surface area contributed by atoms with E-state index >= 15 is 0 Å². The Kier molecular flexibility index (Phi) is 4.21. The van der Waals surface area contributed by atoms with Crippen molar-refractivity contribution in [2.75, 3.05) is 5.32 Å². The number of anilines is 1. The number of benzene rings is 2. The standard InChI is InChI=1S/C20H19NO3/c1-4-14-5-10-18-17(11-14)12(2)19(24-18)20(23)21-16-8-6-15(7-9-16)13(3)22/h5-11H,4H2,1-3H3,(H,21,23). The number of furan rings is 1. The number of nitrogens with one attached hydrogen (secondary N) is 1. The van der Waals surface area contributed by atoms with E-state index in [0.29, 0.717) is 22.6 Å². The second kappa shape index (κ2) is 6.32. The van der Waals surface area contributed by atoms with Gasteiger partial charge in [0.05, 0.1) is 0 Å². The van der Waals surface area contributed by atoms with Crippen molar-refractivity contribution in [3.05, 3.63) is 64.9 Å². The molecular formula is C20H19NO3. The van der Waals surface area contributed by atoms with Crippen LogP contribution in [-0.2, 0) is 6.42 Å². The maximum absolute atomic E-state index is 12.5. The molecule has 1 N–H and O–H groups in total. The number of ketones is 1. The molecule has 24 heavy (non-hydrogen) atoms. The maximum Gasteiger partial charge on any atom is 0.291 e. The molecule has 1 aromatic heterocycles. The number of carbonyl (C=O) groups is 2. The van der Waals surface area contributed by atoms with Crippen molar-refractivity contribution in [3.8, 4) is 0 Å². The van der Waals surface area contributed by atoms with E-state index in [0.717, 1.165) is 17.4 Å². The predicted octanol–water partition coefficient (Wildman–Crippen LogP) is 4.76. The first-order valence-corrected chi connectivity index (χ1v) is 7.94. The molecule has 0 unspecified atom stereocenters. The molecule has 0 radical (unpaired) electrons. The van der Waals surface area contributed by atoms with Gasteiger partial charge in [-0.3, -0.25) is 9.59 Å². The van der Waals surface area contributed by atoms with Crippen molar-refractivity contribution in [2.45, 2.75) is 27.2 Å². The van der Waals surface area contributed by atoms with Gasteiger partial charge in [-0.25, -0.2) is 0 Å². The molecule has 0 aliphatic heterocycles. The average molecular weight is 321 g/mol. The van der Waals surface area contributed by atoms with Gasteiger partial charge in [0.15, 0.2) is 11.5 Å². The van der Waals surface area contributed by atoms with Gasteiger partial charge in [-0.05, 0) is 62.2 Å². The molecule has 0 atom stereocenters. The van der Waals surface area contributed by atoms with Crippen LogP contribution in [0.1, 0.15) is 45.9 Å². The molecular weight excluding hydrogens is 302 g/mol. The third kappa shape index (κ3) is 2.95. The van der Waals surface area contributed by atoms with Crippen LogP contribution in [0.25, 0.3) is 11.0 Å². The predicted molar refractivity (Wildman–Crippen MR) is 94.7 cm³/mol. The van der Waals surface area contributed by atoms with E-state index in [1.807, 2.05) is 19.1 Å². The molecule has 4 heteroatoms. The van der Waals surface area contributed by atoms with E-state index in [9.17, 15) is 9.59 Å². The molecule has 3 aromatic rings. The molecule has 122 valence electrons. The summed E-state index contributed by atoms with van der Waals surface area (Å²) in [6, 6.07) is 12.8. The maximum atomic E-state index is 12.5. The fourth-order valence-electron chi connectivity index (χ4n) is 2.68. The highest BCUT2D eigenvalue weighted by Crippen LogP contribution is 2.27. The molecule has 2 aromatic carbocycles. The van der Waals surface area contributed by atoms with E-state index in [4.69, 9.17) is 4.42 Å². The topological polar surface area (TPSA) is 59.3 Å². The summed E-state index contributed by atoms with van der Waals surface area (Å²) in [4.78, 5) is 23.8. The smallest absolute Gasteiger partial charge is 0.291 e. The summed E-state index contributed by atoms with van der Waals surface area (Å²) in [7, 11) is 0. The molecule has 0 saturated carbocycles. The number of aryl methyl sites for hydroxylation is 2. The van der Waals surface area contributed by atoms with Crippen LogP contribution >= 0.6 is 0 Å². The fraction of sp³-hybridized carbons (Fsp3) is 0.200. The lowest BCUT2D eigenvalue weighted by atomic mass is 10.1. The van der Waals surface area contributed by atoms with Crippen LogP contribution in [0.3, 0.4) is 0 Å². The minimum absolute atomic E-state index is 0.00673. The Morgan fingerprint density at radius 1 is 1.08 bits per heavy atom. The van der Waals surface area contributed by atoms with Gasteiger partial charge in [-0.2, -0.15) is 0 Å². The first-order chi connectivity index (χ1) is 11.5. The van der Waals surface area contributed by atoms with Gasteiger partial charge < -0.3 is 9.73 Å². The molecule has 3 rings (SSSR count). The highest BCUT2D eigenvalue weighted by atomic mass is 16.3. The van der Waals surface area contributed by atoms with Gasteiger partial charge >= 0.3 is 0 Å². The summed E-state index contributed by atoms with van der Waals surface area (Å²) >= 11 is 0. The van der Waals surface area contributed by atoms with Crippen molar-refractivity contribution >= 4 is 28.3 Å². The van der Waals surface area contributed by atoms with Gasteiger partial charge in [0.1, 0.15) is 5.58 Å². The molecule has 0 aliphatic rings. The van der Waals surface area contributed by atoms with Crippen molar-refractivity contribution < 1.29 is 14.0 Å². The van der Waals surface area contributed by atoms with E-state index in [1.165, 1.54) is 12.5 Å². The molecule has 0 saturated heterocycles. The van der Waals surface area contributed by atoms with Crippen LogP contribution in [0.2, 0.25) is 0 Å². The van der Waals surface area contributed by atoms with Gasteiger partial charge in [-0.1, -0.05) is 13.0 Å². The Labute approximate surface area is 140 Å². The fourth-order valence-corrected chi connectivity index (χ4v) is 2.68. The number of carbonyl (C=O) groups excluding carboxylic acids is 2. The van der Waals surface area contributed by atoms with Crippen LogP contribution < -0.4 is 5.32 Å². The summed E-state index contributed by atoms with van der Waals surface area (Å²) in [6.45, 7) is 5.49. The van der Waals surface area contributed by atoms with E-state index in [2.05, 4.69) is 18.3 Å². The number of amides is 1. The minimum atomic E-state index is -0.294. The van der Waals surface area contributed by atoms with E-state index in [-0.39, 0.29) is 11.7 Å². The van der Waals surface area contributed by atoms with Crippen LogP contribution in [0, 0.1) is 6.92 Å². The summed E-state index contributed by atoms with van der Waals surface area (Å²) in [6.07, 6.45) is 0.935. The zero-order valence-corrected chi connectivity index (χ0v) is 14.0. The van der Waals surface area contributed by atoms with Crippen LogP contribution in [-0.4, -0.2) is 11.7 Å². The van der Waals surface area contributed by atoms with Crippen molar-refractivity contribution in [2.24, 2.45) is 0 Å². The monoisotopic (exact) mass is 321 g/mol. The Morgan fingerprint density at radius 3 is 2.42 bits per heavy atom. The van der Waals surface area contributed by atoms with E-state index in [1.54, 1.807) is 24.3 Å². The highest BCUT2D eigenvalue weighted by Gasteiger charge is 2.18. The second-order valence-electron chi connectivity index (χ2n) is 5.83. The first kappa shape index (κ1) is 16.0. The highest BCUT2D eigenvalue weighted by molar-refractivity contribution is 6.06. The lowest BCUT2D eigenvalue weighted by molar-refractivity contribution is 0.0995. The normalized spacial score (nSPS) is 10.8. The molecule has 4 nitrogen and oxygen atoms in total. The van der Waals surface area contributed by atoms with E-state index < -0.39 is 0 Å². The number of hydrogen-bond donors (Lipinski definition) is 1. The molecule has 1 heterocycles. The van der Waals surface area contributed by atoms with Gasteiger partial charge in [0.25, 0.3) is 5.91 Å². The summed E-state index contributed by atoms with van der Waals surface area (Å²) in [5, 5.41) is 3.78. The number of fused-ring (bicyclic) bond motifs is 1. The van der Waals surface area contributed by atoms with Crippen molar-refractivity contribution in [3.63, 3.8) is 0 Å². The van der Waals surface area contributed by atoms with Gasteiger partial charge in [-0.15, -0.1) is 0 Å². The quantitative estimate of drug-likeness (QED) is 0.705. The largest absolute Gasteiger partial charge is 0.451 e. The molecule has 0 spiro atoms.